The molecule has 29 heavy (non-hydrogen) atoms. The van der Waals surface area contributed by atoms with Gasteiger partial charge in [-0.15, -0.1) is 6.58 Å². The summed E-state index contributed by atoms with van der Waals surface area (Å²) in [5.41, 5.74) is -0.0493. The van der Waals surface area contributed by atoms with Crippen LogP contribution in [-0.4, -0.2) is 57.4 Å². The van der Waals surface area contributed by atoms with Gasteiger partial charge in [0.15, 0.2) is 6.10 Å². The average Bonchev–Trinajstić information content (AvgIpc) is 3.01. The zero-order valence-corrected chi connectivity index (χ0v) is 17.7. The standard InChI is InChI=1S/C20H28N2O6S/c1-4-11-21-19(23)15(2)28-20(24)17-14-16(9-10-18(17)27-3)29(25,26)22-12-7-5-6-8-13-22/h4,9-10,14-15H,1,5-8,11-13H2,2-3H3,(H,21,23). The molecule has 1 aliphatic rings. The Balaban J connectivity index is 2.26. The average molecular weight is 425 g/mol. The maximum absolute atomic E-state index is 13.0. The largest absolute Gasteiger partial charge is 0.496 e. The molecule has 0 aromatic heterocycles. The van der Waals surface area contributed by atoms with Crippen molar-refractivity contribution in [1.82, 2.24) is 9.62 Å². The third-order valence-corrected chi connectivity index (χ3v) is 6.56. The number of ether oxygens (including phenoxy) is 2. The summed E-state index contributed by atoms with van der Waals surface area (Å²) in [4.78, 5) is 24.5. The number of esters is 1. The van der Waals surface area contributed by atoms with Gasteiger partial charge in [-0.25, -0.2) is 13.2 Å². The van der Waals surface area contributed by atoms with Gasteiger partial charge in [0.05, 0.1) is 12.0 Å². The van der Waals surface area contributed by atoms with Crippen LogP contribution in [0.5, 0.6) is 5.75 Å². The van der Waals surface area contributed by atoms with E-state index in [4.69, 9.17) is 9.47 Å². The van der Waals surface area contributed by atoms with Crippen LogP contribution >= 0.6 is 0 Å². The Morgan fingerprint density at radius 1 is 1.24 bits per heavy atom. The number of methoxy groups -OCH3 is 1. The second kappa shape index (κ2) is 10.4. The number of sulfonamides is 1. The van der Waals surface area contributed by atoms with E-state index < -0.39 is 28.0 Å². The number of benzene rings is 1. The molecule has 2 rings (SSSR count). The van der Waals surface area contributed by atoms with Crippen molar-refractivity contribution >= 4 is 21.9 Å². The van der Waals surface area contributed by atoms with E-state index >= 15 is 0 Å². The van der Waals surface area contributed by atoms with E-state index in [-0.39, 0.29) is 22.8 Å². The van der Waals surface area contributed by atoms with Gasteiger partial charge in [0.2, 0.25) is 10.0 Å². The second-order valence-electron chi connectivity index (χ2n) is 6.76. The van der Waals surface area contributed by atoms with Gasteiger partial charge in [-0.3, -0.25) is 4.79 Å². The Bertz CT molecular complexity index is 845. The highest BCUT2D eigenvalue weighted by atomic mass is 32.2. The van der Waals surface area contributed by atoms with Gasteiger partial charge in [0, 0.05) is 19.6 Å². The highest BCUT2D eigenvalue weighted by Gasteiger charge is 2.28. The predicted molar refractivity (Wildman–Crippen MR) is 108 cm³/mol. The first-order valence-corrected chi connectivity index (χ1v) is 11.0. The Morgan fingerprint density at radius 2 is 1.90 bits per heavy atom. The van der Waals surface area contributed by atoms with Crippen LogP contribution in [-0.2, 0) is 19.6 Å². The number of carbonyl (C=O) groups excluding carboxylic acids is 2. The summed E-state index contributed by atoms with van der Waals surface area (Å²) < 4.78 is 37.9. The Kier molecular flexibility index (Phi) is 8.21. The quantitative estimate of drug-likeness (QED) is 0.507. The minimum Gasteiger partial charge on any atom is -0.496 e. The van der Waals surface area contributed by atoms with Crippen molar-refractivity contribution < 1.29 is 27.5 Å². The van der Waals surface area contributed by atoms with E-state index in [1.165, 1.54) is 42.6 Å². The van der Waals surface area contributed by atoms with Crippen molar-refractivity contribution in [2.45, 2.75) is 43.6 Å². The first-order valence-electron chi connectivity index (χ1n) is 9.59. The number of hydrogen-bond donors (Lipinski definition) is 1. The number of amides is 1. The maximum atomic E-state index is 13.0. The number of nitrogens with one attached hydrogen (secondary N) is 1. The normalized spacial score (nSPS) is 16.3. The minimum absolute atomic E-state index is 0.00379. The monoisotopic (exact) mass is 424 g/mol. The van der Waals surface area contributed by atoms with Crippen LogP contribution in [0.2, 0.25) is 0 Å². The van der Waals surface area contributed by atoms with Crippen molar-refractivity contribution in [3.8, 4) is 5.75 Å². The predicted octanol–water partition coefficient (Wildman–Crippen LogP) is 2.11. The maximum Gasteiger partial charge on any atom is 0.342 e. The van der Waals surface area contributed by atoms with Crippen LogP contribution < -0.4 is 10.1 Å². The topological polar surface area (TPSA) is 102 Å². The lowest BCUT2D eigenvalue weighted by molar-refractivity contribution is -0.128. The second-order valence-corrected chi connectivity index (χ2v) is 8.70. The number of rotatable bonds is 8. The molecule has 160 valence electrons. The SMILES string of the molecule is C=CCNC(=O)C(C)OC(=O)c1cc(S(=O)(=O)N2CCCCCC2)ccc1OC. The molecule has 1 aromatic rings. The zero-order chi connectivity index (χ0) is 21.4. The van der Waals surface area contributed by atoms with Crippen molar-refractivity contribution in [2.24, 2.45) is 0 Å². The molecule has 9 heteroatoms. The molecule has 0 radical (unpaired) electrons. The first kappa shape index (κ1) is 22.9. The Morgan fingerprint density at radius 3 is 2.48 bits per heavy atom. The van der Waals surface area contributed by atoms with Gasteiger partial charge in [-0.05, 0) is 38.0 Å². The Labute approximate surface area is 171 Å². The third kappa shape index (κ3) is 5.80. The van der Waals surface area contributed by atoms with Crippen LogP contribution in [0.25, 0.3) is 0 Å². The molecule has 1 atom stereocenters. The fourth-order valence-electron chi connectivity index (χ4n) is 3.03. The van der Waals surface area contributed by atoms with Crippen LogP contribution in [0, 0.1) is 0 Å². The highest BCUT2D eigenvalue weighted by molar-refractivity contribution is 7.89. The summed E-state index contributed by atoms with van der Waals surface area (Å²) >= 11 is 0. The summed E-state index contributed by atoms with van der Waals surface area (Å²) in [6.07, 6.45) is 4.06. The molecule has 0 spiro atoms. The molecule has 8 nitrogen and oxygen atoms in total. The third-order valence-electron chi connectivity index (χ3n) is 4.67. The van der Waals surface area contributed by atoms with E-state index in [0.29, 0.717) is 13.1 Å². The van der Waals surface area contributed by atoms with Crippen LogP contribution in [0.4, 0.5) is 0 Å². The van der Waals surface area contributed by atoms with Crippen molar-refractivity contribution in [3.63, 3.8) is 0 Å². The van der Waals surface area contributed by atoms with Crippen LogP contribution in [0.3, 0.4) is 0 Å². The van der Waals surface area contributed by atoms with Crippen molar-refractivity contribution in [3.05, 3.63) is 36.4 Å². The molecular weight excluding hydrogens is 396 g/mol. The lowest BCUT2D eigenvalue weighted by Crippen LogP contribution is -2.36. The van der Waals surface area contributed by atoms with Crippen molar-refractivity contribution in [1.29, 1.82) is 0 Å². The summed E-state index contributed by atoms with van der Waals surface area (Å²) in [5, 5.41) is 2.53. The van der Waals surface area contributed by atoms with Gasteiger partial charge >= 0.3 is 5.97 Å². The molecule has 1 aliphatic heterocycles. The molecule has 1 amide bonds. The number of hydrogen-bond acceptors (Lipinski definition) is 6. The summed E-state index contributed by atoms with van der Waals surface area (Å²) in [6.45, 7) is 6.08. The molecular formula is C20H28N2O6S. The van der Waals surface area contributed by atoms with Crippen molar-refractivity contribution in [2.75, 3.05) is 26.7 Å². The first-order chi connectivity index (χ1) is 13.8. The fourth-order valence-corrected chi connectivity index (χ4v) is 4.58. The lowest BCUT2D eigenvalue weighted by Gasteiger charge is -2.21. The molecule has 0 bridgehead atoms. The Hall–Kier alpha value is -2.39. The number of nitrogens with zero attached hydrogens (tertiary/aromatic N) is 1. The minimum atomic E-state index is -3.74. The molecule has 1 fully saturated rings. The van der Waals surface area contributed by atoms with E-state index in [9.17, 15) is 18.0 Å². The van der Waals surface area contributed by atoms with Gasteiger partial charge in [-0.1, -0.05) is 18.9 Å². The van der Waals surface area contributed by atoms with Crippen LogP contribution in [0.15, 0.2) is 35.7 Å². The molecule has 0 aliphatic carbocycles. The van der Waals surface area contributed by atoms with E-state index in [1.54, 1.807) is 0 Å². The molecule has 1 aromatic carbocycles. The highest BCUT2D eigenvalue weighted by Crippen LogP contribution is 2.27. The fraction of sp³-hybridized carbons (Fsp3) is 0.500. The van der Waals surface area contributed by atoms with Gasteiger partial charge in [0.1, 0.15) is 11.3 Å². The van der Waals surface area contributed by atoms with Crippen LogP contribution in [0.1, 0.15) is 43.0 Å². The van der Waals surface area contributed by atoms with Gasteiger partial charge < -0.3 is 14.8 Å². The summed E-state index contributed by atoms with van der Waals surface area (Å²) in [7, 11) is -2.37. The summed E-state index contributed by atoms with van der Waals surface area (Å²) in [6, 6.07) is 4.08. The molecule has 1 unspecified atom stereocenters. The molecule has 0 saturated carbocycles. The molecule has 1 heterocycles. The zero-order valence-electron chi connectivity index (χ0n) is 16.8. The molecule has 1 saturated heterocycles. The smallest absolute Gasteiger partial charge is 0.342 e. The lowest BCUT2D eigenvalue weighted by atomic mass is 10.2. The van der Waals surface area contributed by atoms with E-state index in [0.717, 1.165) is 25.7 Å². The van der Waals surface area contributed by atoms with E-state index in [1.807, 2.05) is 0 Å². The van der Waals surface area contributed by atoms with Gasteiger partial charge in [0.25, 0.3) is 5.91 Å². The summed E-state index contributed by atoms with van der Waals surface area (Å²) in [5.74, 6) is -1.15. The van der Waals surface area contributed by atoms with E-state index in [2.05, 4.69) is 11.9 Å². The molecule has 1 N–H and O–H groups in total. The van der Waals surface area contributed by atoms with Gasteiger partial charge in [-0.2, -0.15) is 4.31 Å². The number of carbonyl (C=O) groups is 2.